The molecular formula is C29H34ClN3O5S. The molecule has 0 fully saturated rings. The highest BCUT2D eigenvalue weighted by Gasteiger charge is 2.31. The number of anilines is 1. The van der Waals surface area contributed by atoms with Crippen LogP contribution in [0.2, 0.25) is 5.02 Å². The summed E-state index contributed by atoms with van der Waals surface area (Å²) in [6.07, 6.45) is 1.03. The number of para-hydroxylation sites is 1. The Balaban J connectivity index is 1.88. The number of carbonyl (C=O) groups is 2. The van der Waals surface area contributed by atoms with Gasteiger partial charge in [-0.2, -0.15) is 0 Å². The lowest BCUT2D eigenvalue weighted by atomic mass is 10.1. The first-order valence-electron chi connectivity index (χ1n) is 12.4. The SMILES string of the molecule is CC(C(=O)NC(C)(C)C)N(Cc1ccccc1Cl)C(=O)CN(c1ccc(Oc2ccccc2)cc1)S(C)(=O)=O. The lowest BCUT2D eigenvalue weighted by Crippen LogP contribution is -2.54. The fourth-order valence-corrected chi connectivity index (χ4v) is 4.83. The van der Waals surface area contributed by atoms with Crippen molar-refractivity contribution in [2.75, 3.05) is 17.1 Å². The zero-order chi connectivity index (χ0) is 28.8. The topological polar surface area (TPSA) is 96.0 Å². The average Bonchev–Trinajstić information content (AvgIpc) is 2.86. The van der Waals surface area contributed by atoms with Crippen molar-refractivity contribution in [2.24, 2.45) is 0 Å². The van der Waals surface area contributed by atoms with Gasteiger partial charge >= 0.3 is 0 Å². The van der Waals surface area contributed by atoms with E-state index in [9.17, 15) is 18.0 Å². The maximum absolute atomic E-state index is 13.7. The molecule has 1 unspecified atom stereocenters. The molecule has 0 spiro atoms. The van der Waals surface area contributed by atoms with Crippen LogP contribution in [0.15, 0.2) is 78.9 Å². The molecule has 0 saturated heterocycles. The molecule has 0 bridgehead atoms. The minimum absolute atomic E-state index is 0.0265. The Bertz CT molecular complexity index is 1390. The van der Waals surface area contributed by atoms with Gasteiger partial charge in [0.15, 0.2) is 0 Å². The minimum Gasteiger partial charge on any atom is -0.457 e. The van der Waals surface area contributed by atoms with Crippen LogP contribution < -0.4 is 14.4 Å². The quantitative estimate of drug-likeness (QED) is 0.359. The van der Waals surface area contributed by atoms with Crippen LogP contribution >= 0.6 is 11.6 Å². The number of halogens is 1. The van der Waals surface area contributed by atoms with Crippen LogP contribution in [-0.2, 0) is 26.2 Å². The summed E-state index contributed by atoms with van der Waals surface area (Å²) in [6, 6.07) is 21.7. The van der Waals surface area contributed by atoms with Crippen molar-refractivity contribution in [1.82, 2.24) is 10.2 Å². The van der Waals surface area contributed by atoms with E-state index in [1.54, 1.807) is 67.6 Å². The Labute approximate surface area is 235 Å². The van der Waals surface area contributed by atoms with E-state index in [2.05, 4.69) is 5.32 Å². The summed E-state index contributed by atoms with van der Waals surface area (Å²) in [5, 5.41) is 3.32. The highest BCUT2D eigenvalue weighted by Crippen LogP contribution is 2.26. The zero-order valence-corrected chi connectivity index (χ0v) is 24.3. The predicted molar refractivity (Wildman–Crippen MR) is 155 cm³/mol. The monoisotopic (exact) mass is 571 g/mol. The Morgan fingerprint density at radius 1 is 0.923 bits per heavy atom. The molecule has 10 heteroatoms. The minimum atomic E-state index is -3.86. The van der Waals surface area contributed by atoms with Gasteiger partial charge in [0.1, 0.15) is 24.1 Å². The van der Waals surface area contributed by atoms with Crippen molar-refractivity contribution in [3.05, 3.63) is 89.4 Å². The molecule has 3 rings (SSSR count). The molecule has 3 aromatic carbocycles. The number of ether oxygens (including phenoxy) is 1. The number of nitrogens with zero attached hydrogens (tertiary/aromatic N) is 2. The van der Waals surface area contributed by atoms with E-state index in [1.807, 2.05) is 39.0 Å². The number of rotatable bonds is 10. The molecule has 0 heterocycles. The zero-order valence-electron chi connectivity index (χ0n) is 22.7. The van der Waals surface area contributed by atoms with Gasteiger partial charge in [0.2, 0.25) is 21.8 Å². The van der Waals surface area contributed by atoms with Crippen molar-refractivity contribution < 1.29 is 22.7 Å². The van der Waals surface area contributed by atoms with Crippen LogP contribution in [0, 0.1) is 0 Å². The fourth-order valence-electron chi connectivity index (χ4n) is 3.79. The molecule has 39 heavy (non-hydrogen) atoms. The van der Waals surface area contributed by atoms with Crippen LogP contribution in [-0.4, -0.2) is 49.5 Å². The lowest BCUT2D eigenvalue weighted by Gasteiger charge is -2.33. The first-order valence-corrected chi connectivity index (χ1v) is 14.6. The van der Waals surface area contributed by atoms with E-state index in [-0.39, 0.29) is 18.1 Å². The standard InChI is InChI=1S/C29H34ClN3O5S/c1-21(28(35)31-29(2,3)4)32(19-22-11-9-10-14-26(22)30)27(34)20-33(39(5,36)37)23-15-17-25(18-16-23)38-24-12-7-6-8-13-24/h6-18,21H,19-20H2,1-5H3,(H,31,35). The van der Waals surface area contributed by atoms with E-state index in [4.69, 9.17) is 16.3 Å². The number of sulfonamides is 1. The molecule has 0 aromatic heterocycles. The largest absolute Gasteiger partial charge is 0.457 e. The summed E-state index contributed by atoms with van der Waals surface area (Å²) in [5.74, 6) is 0.230. The van der Waals surface area contributed by atoms with Gasteiger partial charge < -0.3 is 15.0 Å². The van der Waals surface area contributed by atoms with Gasteiger partial charge in [-0.15, -0.1) is 0 Å². The fraction of sp³-hybridized carbons (Fsp3) is 0.310. The van der Waals surface area contributed by atoms with Crippen molar-refractivity contribution in [3.8, 4) is 11.5 Å². The van der Waals surface area contributed by atoms with E-state index >= 15 is 0 Å². The van der Waals surface area contributed by atoms with Crippen LogP contribution in [0.25, 0.3) is 0 Å². The van der Waals surface area contributed by atoms with Gasteiger partial charge in [-0.3, -0.25) is 13.9 Å². The molecule has 0 radical (unpaired) electrons. The van der Waals surface area contributed by atoms with E-state index in [0.29, 0.717) is 22.1 Å². The normalized spacial score (nSPS) is 12.4. The Morgan fingerprint density at radius 3 is 2.05 bits per heavy atom. The number of hydrogen-bond donors (Lipinski definition) is 1. The first kappa shape index (κ1) is 30.0. The Morgan fingerprint density at radius 2 is 1.49 bits per heavy atom. The number of amides is 2. The molecule has 0 aliphatic rings. The van der Waals surface area contributed by atoms with Crippen molar-refractivity contribution >= 4 is 39.1 Å². The molecule has 1 atom stereocenters. The van der Waals surface area contributed by atoms with Gasteiger partial charge in [0.25, 0.3) is 0 Å². The van der Waals surface area contributed by atoms with Gasteiger partial charge in [0.05, 0.1) is 11.9 Å². The Hall–Kier alpha value is -3.56. The number of nitrogens with one attached hydrogen (secondary N) is 1. The van der Waals surface area contributed by atoms with Crippen LogP contribution in [0.3, 0.4) is 0 Å². The second-order valence-electron chi connectivity index (χ2n) is 10.2. The molecule has 8 nitrogen and oxygen atoms in total. The second-order valence-corrected chi connectivity index (χ2v) is 12.5. The van der Waals surface area contributed by atoms with Crippen LogP contribution in [0.1, 0.15) is 33.3 Å². The highest BCUT2D eigenvalue weighted by atomic mass is 35.5. The smallest absolute Gasteiger partial charge is 0.244 e. The predicted octanol–water partition coefficient (Wildman–Crippen LogP) is 5.23. The maximum atomic E-state index is 13.7. The van der Waals surface area contributed by atoms with Gasteiger partial charge in [-0.1, -0.05) is 48.0 Å². The number of hydrogen-bond acceptors (Lipinski definition) is 5. The van der Waals surface area contributed by atoms with Crippen molar-refractivity contribution in [3.63, 3.8) is 0 Å². The first-order chi connectivity index (χ1) is 18.2. The number of carbonyl (C=O) groups excluding carboxylic acids is 2. The molecule has 2 amide bonds. The third-order valence-electron chi connectivity index (χ3n) is 5.75. The Kier molecular flexibility index (Phi) is 9.63. The van der Waals surface area contributed by atoms with E-state index < -0.39 is 34.1 Å². The summed E-state index contributed by atoms with van der Waals surface area (Å²) >= 11 is 6.35. The van der Waals surface area contributed by atoms with E-state index in [1.165, 1.54) is 4.90 Å². The van der Waals surface area contributed by atoms with Crippen molar-refractivity contribution in [1.29, 1.82) is 0 Å². The van der Waals surface area contributed by atoms with E-state index in [0.717, 1.165) is 10.6 Å². The van der Waals surface area contributed by atoms with Crippen LogP contribution in [0.5, 0.6) is 11.5 Å². The summed E-state index contributed by atoms with van der Waals surface area (Å²) in [7, 11) is -3.86. The molecule has 208 valence electrons. The van der Waals surface area contributed by atoms with Gasteiger partial charge in [-0.05, 0) is 75.7 Å². The third kappa shape index (κ3) is 8.73. The molecular weight excluding hydrogens is 538 g/mol. The molecule has 3 aromatic rings. The van der Waals surface area contributed by atoms with Gasteiger partial charge in [0, 0.05) is 17.1 Å². The van der Waals surface area contributed by atoms with Crippen LogP contribution in [0.4, 0.5) is 5.69 Å². The lowest BCUT2D eigenvalue weighted by molar-refractivity contribution is -0.140. The maximum Gasteiger partial charge on any atom is 0.244 e. The summed E-state index contributed by atoms with van der Waals surface area (Å²) < 4.78 is 32.4. The van der Waals surface area contributed by atoms with Gasteiger partial charge in [-0.25, -0.2) is 8.42 Å². The summed E-state index contributed by atoms with van der Waals surface area (Å²) in [6.45, 7) is 6.65. The number of benzene rings is 3. The summed E-state index contributed by atoms with van der Waals surface area (Å²) in [4.78, 5) is 28.1. The molecule has 0 saturated carbocycles. The van der Waals surface area contributed by atoms with Crippen molar-refractivity contribution in [2.45, 2.75) is 45.8 Å². The highest BCUT2D eigenvalue weighted by molar-refractivity contribution is 7.92. The third-order valence-corrected chi connectivity index (χ3v) is 7.26. The summed E-state index contributed by atoms with van der Waals surface area (Å²) in [5.41, 5.74) is 0.402. The molecule has 0 aliphatic heterocycles. The second kappa shape index (κ2) is 12.5. The average molecular weight is 572 g/mol. The molecule has 1 N–H and O–H groups in total. The molecule has 0 aliphatic carbocycles.